The standard InChI is InChI=1S/C17H26N6O3/c1-7-15(22-11(3)9-16(19-22)23(25)26)17(24)20(6)10-14-12(4)18-21(8-2)13(14)5/h9,15H,7-8,10H2,1-6H3. The van der Waals surface area contributed by atoms with Crippen LogP contribution in [0, 0.1) is 30.9 Å². The Morgan fingerprint density at radius 2 is 1.96 bits per heavy atom. The zero-order valence-electron chi connectivity index (χ0n) is 16.2. The normalized spacial score (nSPS) is 12.2. The van der Waals surface area contributed by atoms with Crippen molar-refractivity contribution in [2.45, 2.75) is 60.2 Å². The maximum Gasteiger partial charge on any atom is 0.390 e. The van der Waals surface area contributed by atoms with Crippen LogP contribution in [-0.2, 0) is 17.9 Å². The van der Waals surface area contributed by atoms with Crippen molar-refractivity contribution in [2.24, 2.45) is 0 Å². The molecule has 1 atom stereocenters. The van der Waals surface area contributed by atoms with Crippen LogP contribution in [0.4, 0.5) is 5.82 Å². The molecule has 9 nitrogen and oxygen atoms in total. The molecule has 2 aromatic heterocycles. The van der Waals surface area contributed by atoms with Gasteiger partial charge in [-0.25, -0.2) is 0 Å². The minimum Gasteiger partial charge on any atom is -0.358 e. The first-order valence-corrected chi connectivity index (χ1v) is 8.69. The molecule has 0 spiro atoms. The number of aromatic nitrogens is 4. The van der Waals surface area contributed by atoms with Crippen molar-refractivity contribution >= 4 is 11.7 Å². The number of carbonyl (C=O) groups excluding carboxylic acids is 1. The van der Waals surface area contributed by atoms with Crippen molar-refractivity contribution in [3.8, 4) is 0 Å². The molecule has 2 rings (SSSR count). The van der Waals surface area contributed by atoms with Crippen LogP contribution in [0.15, 0.2) is 6.07 Å². The molecule has 0 radical (unpaired) electrons. The molecule has 0 saturated carbocycles. The predicted octanol–water partition coefficient (Wildman–Crippen LogP) is 2.54. The summed E-state index contributed by atoms with van der Waals surface area (Å²) in [5.41, 5.74) is 3.57. The minimum atomic E-state index is -0.574. The summed E-state index contributed by atoms with van der Waals surface area (Å²) in [5, 5.41) is 19.4. The highest BCUT2D eigenvalue weighted by Crippen LogP contribution is 2.22. The number of amides is 1. The Labute approximate surface area is 152 Å². The lowest BCUT2D eigenvalue weighted by Gasteiger charge is -2.22. The number of rotatable bonds is 7. The van der Waals surface area contributed by atoms with E-state index in [0.29, 0.717) is 18.7 Å². The van der Waals surface area contributed by atoms with Gasteiger partial charge in [-0.1, -0.05) is 6.92 Å². The topological polar surface area (TPSA) is 99.1 Å². The summed E-state index contributed by atoms with van der Waals surface area (Å²) < 4.78 is 3.37. The molecule has 0 aliphatic heterocycles. The first-order chi connectivity index (χ1) is 12.2. The van der Waals surface area contributed by atoms with Gasteiger partial charge in [0.05, 0.1) is 22.6 Å². The van der Waals surface area contributed by atoms with Crippen molar-refractivity contribution in [1.29, 1.82) is 0 Å². The van der Waals surface area contributed by atoms with Gasteiger partial charge in [-0.05, 0) is 39.0 Å². The van der Waals surface area contributed by atoms with Crippen LogP contribution in [0.2, 0.25) is 0 Å². The van der Waals surface area contributed by atoms with Crippen LogP contribution in [0.1, 0.15) is 49.0 Å². The van der Waals surface area contributed by atoms with Gasteiger partial charge in [-0.3, -0.25) is 9.48 Å². The molecule has 1 unspecified atom stereocenters. The summed E-state index contributed by atoms with van der Waals surface area (Å²) in [6.45, 7) is 10.8. The molecule has 0 aromatic carbocycles. The average Bonchev–Trinajstić information content (AvgIpc) is 3.10. The van der Waals surface area contributed by atoms with Crippen molar-refractivity contribution in [3.05, 3.63) is 38.8 Å². The van der Waals surface area contributed by atoms with E-state index in [-0.39, 0.29) is 11.7 Å². The molecule has 26 heavy (non-hydrogen) atoms. The van der Waals surface area contributed by atoms with E-state index in [1.54, 1.807) is 18.9 Å². The van der Waals surface area contributed by atoms with Crippen LogP contribution in [0.3, 0.4) is 0 Å². The van der Waals surface area contributed by atoms with E-state index in [0.717, 1.165) is 23.5 Å². The van der Waals surface area contributed by atoms with Gasteiger partial charge in [-0.2, -0.15) is 9.78 Å². The highest BCUT2D eigenvalue weighted by Gasteiger charge is 2.29. The van der Waals surface area contributed by atoms with Crippen LogP contribution in [0.5, 0.6) is 0 Å². The van der Waals surface area contributed by atoms with E-state index < -0.39 is 11.0 Å². The van der Waals surface area contributed by atoms with Crippen LogP contribution in [-0.4, -0.2) is 42.3 Å². The van der Waals surface area contributed by atoms with E-state index >= 15 is 0 Å². The van der Waals surface area contributed by atoms with Crippen molar-refractivity contribution in [3.63, 3.8) is 0 Å². The summed E-state index contributed by atoms with van der Waals surface area (Å²) in [5.74, 6) is -0.371. The van der Waals surface area contributed by atoms with Gasteiger partial charge in [0, 0.05) is 31.4 Å². The van der Waals surface area contributed by atoms with Crippen LogP contribution < -0.4 is 0 Å². The van der Waals surface area contributed by atoms with Gasteiger partial charge < -0.3 is 15.0 Å². The van der Waals surface area contributed by atoms with Gasteiger partial charge >= 0.3 is 5.82 Å². The lowest BCUT2D eigenvalue weighted by molar-refractivity contribution is -0.389. The highest BCUT2D eigenvalue weighted by atomic mass is 16.6. The van der Waals surface area contributed by atoms with Crippen molar-refractivity contribution < 1.29 is 9.72 Å². The lowest BCUT2D eigenvalue weighted by Crippen LogP contribution is -2.35. The number of hydrogen-bond acceptors (Lipinski definition) is 5. The monoisotopic (exact) mass is 362 g/mol. The van der Waals surface area contributed by atoms with Gasteiger partial charge in [-0.15, -0.1) is 0 Å². The van der Waals surface area contributed by atoms with E-state index in [1.165, 1.54) is 10.7 Å². The first kappa shape index (κ1) is 19.6. The predicted molar refractivity (Wildman–Crippen MR) is 96.8 cm³/mol. The number of carbonyl (C=O) groups is 1. The molecule has 0 N–H and O–H groups in total. The molecule has 0 aliphatic rings. The Morgan fingerprint density at radius 3 is 2.42 bits per heavy atom. The molecular formula is C17H26N6O3. The molecule has 0 fully saturated rings. The molecule has 2 heterocycles. The maximum atomic E-state index is 13.0. The molecule has 0 bridgehead atoms. The zero-order valence-corrected chi connectivity index (χ0v) is 16.2. The number of hydrogen-bond donors (Lipinski definition) is 0. The molecule has 0 aliphatic carbocycles. The third-order valence-corrected chi connectivity index (χ3v) is 4.67. The Bertz CT molecular complexity index is 823. The SMILES string of the molecule is CCC(C(=O)N(C)Cc1c(C)nn(CC)c1C)n1nc([N+](=O)[O-])cc1C. The van der Waals surface area contributed by atoms with E-state index in [4.69, 9.17) is 0 Å². The molecule has 0 saturated heterocycles. The average molecular weight is 362 g/mol. The molecule has 1 amide bonds. The van der Waals surface area contributed by atoms with E-state index in [1.807, 2.05) is 32.4 Å². The van der Waals surface area contributed by atoms with Gasteiger partial charge in [0.25, 0.3) is 0 Å². The number of nitrogens with zero attached hydrogens (tertiary/aromatic N) is 6. The summed E-state index contributed by atoms with van der Waals surface area (Å²) in [7, 11) is 1.74. The fourth-order valence-corrected chi connectivity index (χ4v) is 3.17. The van der Waals surface area contributed by atoms with Gasteiger partial charge in [0.2, 0.25) is 5.91 Å². The van der Waals surface area contributed by atoms with E-state index in [2.05, 4.69) is 10.2 Å². The third kappa shape index (κ3) is 3.61. The molecule has 2 aromatic rings. The van der Waals surface area contributed by atoms with Crippen LogP contribution in [0.25, 0.3) is 0 Å². The smallest absolute Gasteiger partial charge is 0.358 e. The fraction of sp³-hybridized carbons (Fsp3) is 0.588. The zero-order chi connectivity index (χ0) is 19.6. The van der Waals surface area contributed by atoms with Crippen molar-refractivity contribution in [1.82, 2.24) is 24.5 Å². The Morgan fingerprint density at radius 1 is 1.31 bits per heavy atom. The summed E-state index contributed by atoms with van der Waals surface area (Å²) in [6.07, 6.45) is 0.495. The third-order valence-electron chi connectivity index (χ3n) is 4.67. The largest absolute Gasteiger partial charge is 0.390 e. The quantitative estimate of drug-likeness (QED) is 0.557. The van der Waals surface area contributed by atoms with Gasteiger partial charge in [0.1, 0.15) is 0 Å². The highest BCUT2D eigenvalue weighted by molar-refractivity contribution is 5.80. The lowest BCUT2D eigenvalue weighted by atomic mass is 10.1. The second kappa shape index (κ2) is 7.67. The number of nitro groups is 1. The summed E-state index contributed by atoms with van der Waals surface area (Å²) >= 11 is 0. The minimum absolute atomic E-state index is 0.128. The molecular weight excluding hydrogens is 336 g/mol. The van der Waals surface area contributed by atoms with Crippen molar-refractivity contribution in [2.75, 3.05) is 7.05 Å². The second-order valence-corrected chi connectivity index (χ2v) is 6.43. The Balaban J connectivity index is 2.25. The first-order valence-electron chi connectivity index (χ1n) is 8.69. The molecule has 142 valence electrons. The van der Waals surface area contributed by atoms with Crippen LogP contribution >= 0.6 is 0 Å². The fourth-order valence-electron chi connectivity index (χ4n) is 3.17. The number of likely N-dealkylation sites (N-methyl/N-ethyl adjacent to an activating group) is 1. The Hall–Kier alpha value is -2.71. The maximum absolute atomic E-state index is 13.0. The Kier molecular flexibility index (Phi) is 5.79. The van der Waals surface area contributed by atoms with Gasteiger partial charge in [0.15, 0.2) is 6.04 Å². The van der Waals surface area contributed by atoms with E-state index in [9.17, 15) is 14.9 Å². The summed E-state index contributed by atoms with van der Waals surface area (Å²) in [6, 6.07) is 0.811. The number of aryl methyl sites for hydroxylation is 3. The second-order valence-electron chi connectivity index (χ2n) is 6.43. The molecule has 9 heteroatoms. The summed E-state index contributed by atoms with van der Waals surface area (Å²) in [4.78, 5) is 25.0.